The molecule has 18 heavy (non-hydrogen) atoms. The molecule has 1 fully saturated rings. The second-order valence-electron chi connectivity index (χ2n) is 4.42. The van der Waals surface area contributed by atoms with Crippen LogP contribution < -0.4 is 4.72 Å². The van der Waals surface area contributed by atoms with Gasteiger partial charge in [0, 0.05) is 17.1 Å². The smallest absolute Gasteiger partial charge is 0.240 e. The molecular formula is C12H16BrNO3S. The van der Waals surface area contributed by atoms with Crippen molar-refractivity contribution < 1.29 is 13.2 Å². The second-order valence-corrected chi connectivity index (χ2v) is 7.05. The summed E-state index contributed by atoms with van der Waals surface area (Å²) in [6, 6.07) is 6.45. The number of sulfonamides is 1. The van der Waals surface area contributed by atoms with Gasteiger partial charge in [-0.05, 0) is 38.0 Å². The van der Waals surface area contributed by atoms with Gasteiger partial charge in [-0.2, -0.15) is 0 Å². The zero-order chi connectivity index (χ0) is 13.2. The fourth-order valence-corrected chi connectivity index (χ4v) is 3.89. The molecular weight excluding hydrogens is 318 g/mol. The molecule has 4 nitrogen and oxygen atoms in total. The van der Waals surface area contributed by atoms with Gasteiger partial charge in [0.15, 0.2) is 0 Å². The van der Waals surface area contributed by atoms with Gasteiger partial charge in [-0.1, -0.05) is 22.0 Å². The van der Waals surface area contributed by atoms with E-state index < -0.39 is 10.0 Å². The van der Waals surface area contributed by atoms with Crippen LogP contribution in [0.15, 0.2) is 33.6 Å². The van der Waals surface area contributed by atoms with Gasteiger partial charge in [0.2, 0.25) is 10.0 Å². The van der Waals surface area contributed by atoms with Gasteiger partial charge in [-0.25, -0.2) is 13.1 Å². The molecule has 6 heteroatoms. The highest BCUT2D eigenvalue weighted by atomic mass is 79.9. The van der Waals surface area contributed by atoms with E-state index in [-0.39, 0.29) is 17.0 Å². The zero-order valence-electron chi connectivity index (χ0n) is 10.1. The Kier molecular flexibility index (Phi) is 4.42. The third-order valence-corrected chi connectivity index (χ3v) is 5.02. The number of hydrogen-bond acceptors (Lipinski definition) is 3. The Morgan fingerprint density at radius 2 is 2.28 bits per heavy atom. The van der Waals surface area contributed by atoms with Crippen molar-refractivity contribution in [2.75, 3.05) is 6.61 Å². The maximum atomic E-state index is 12.2. The van der Waals surface area contributed by atoms with E-state index in [1.165, 1.54) is 0 Å². The van der Waals surface area contributed by atoms with Gasteiger partial charge < -0.3 is 4.74 Å². The average molecular weight is 334 g/mol. The SMILES string of the molecule is CC(NS(=O)(=O)c1cccc(Br)c1)C1CCCO1. The summed E-state index contributed by atoms with van der Waals surface area (Å²) in [5.74, 6) is 0. The third kappa shape index (κ3) is 3.32. The lowest BCUT2D eigenvalue weighted by molar-refractivity contribution is 0.0902. The lowest BCUT2D eigenvalue weighted by Crippen LogP contribution is -2.40. The summed E-state index contributed by atoms with van der Waals surface area (Å²) in [5, 5.41) is 0. The molecule has 0 saturated carbocycles. The minimum Gasteiger partial charge on any atom is -0.377 e. The fourth-order valence-electron chi connectivity index (χ4n) is 2.02. The molecule has 2 rings (SSSR count). The van der Waals surface area contributed by atoms with Crippen LogP contribution in [0.25, 0.3) is 0 Å². The van der Waals surface area contributed by atoms with Crippen LogP contribution in [-0.4, -0.2) is 27.2 Å². The molecule has 0 bridgehead atoms. The predicted molar refractivity (Wildman–Crippen MR) is 72.9 cm³/mol. The second kappa shape index (κ2) is 5.69. The Balaban J connectivity index is 2.11. The summed E-state index contributed by atoms with van der Waals surface area (Å²) < 4.78 is 33.2. The molecule has 1 N–H and O–H groups in total. The predicted octanol–water partition coefficient (Wildman–Crippen LogP) is 2.29. The molecule has 100 valence electrons. The maximum Gasteiger partial charge on any atom is 0.240 e. The molecule has 1 aliphatic rings. The molecule has 1 aliphatic heterocycles. The van der Waals surface area contributed by atoms with E-state index in [4.69, 9.17) is 4.74 Å². The van der Waals surface area contributed by atoms with Gasteiger partial charge in [0.25, 0.3) is 0 Å². The first-order valence-corrected chi connectivity index (χ1v) is 8.16. The van der Waals surface area contributed by atoms with Crippen LogP contribution >= 0.6 is 15.9 Å². The van der Waals surface area contributed by atoms with Crippen molar-refractivity contribution in [2.24, 2.45) is 0 Å². The van der Waals surface area contributed by atoms with Crippen molar-refractivity contribution in [1.82, 2.24) is 4.72 Å². The van der Waals surface area contributed by atoms with Crippen molar-refractivity contribution in [2.45, 2.75) is 36.8 Å². The Morgan fingerprint density at radius 3 is 2.89 bits per heavy atom. The van der Waals surface area contributed by atoms with Crippen LogP contribution in [0.4, 0.5) is 0 Å². The number of halogens is 1. The Morgan fingerprint density at radius 1 is 1.50 bits per heavy atom. The van der Waals surface area contributed by atoms with E-state index in [1.54, 1.807) is 24.3 Å². The van der Waals surface area contributed by atoms with Gasteiger partial charge in [-0.3, -0.25) is 0 Å². The Bertz CT molecular complexity index is 512. The van der Waals surface area contributed by atoms with Crippen LogP contribution in [0.5, 0.6) is 0 Å². The van der Waals surface area contributed by atoms with Crippen molar-refractivity contribution in [3.05, 3.63) is 28.7 Å². The molecule has 1 saturated heterocycles. The first-order chi connectivity index (χ1) is 8.49. The van der Waals surface area contributed by atoms with Crippen LogP contribution in [-0.2, 0) is 14.8 Å². The molecule has 2 atom stereocenters. The number of hydrogen-bond donors (Lipinski definition) is 1. The summed E-state index contributed by atoms with van der Waals surface area (Å²) in [7, 11) is -3.48. The topological polar surface area (TPSA) is 55.4 Å². The zero-order valence-corrected chi connectivity index (χ0v) is 12.5. The van der Waals surface area contributed by atoms with E-state index in [9.17, 15) is 8.42 Å². The summed E-state index contributed by atoms with van der Waals surface area (Å²) >= 11 is 3.27. The Labute approximate surface area is 116 Å². The van der Waals surface area contributed by atoms with Crippen molar-refractivity contribution in [1.29, 1.82) is 0 Å². The summed E-state index contributed by atoms with van der Waals surface area (Å²) in [5.41, 5.74) is 0. The van der Waals surface area contributed by atoms with Gasteiger partial charge in [0.05, 0.1) is 11.0 Å². The van der Waals surface area contributed by atoms with E-state index in [2.05, 4.69) is 20.7 Å². The third-order valence-electron chi connectivity index (χ3n) is 2.97. The molecule has 1 aromatic carbocycles. The van der Waals surface area contributed by atoms with E-state index in [0.29, 0.717) is 6.61 Å². The summed E-state index contributed by atoms with van der Waals surface area (Å²) in [6.45, 7) is 2.55. The van der Waals surface area contributed by atoms with E-state index in [0.717, 1.165) is 17.3 Å². The summed E-state index contributed by atoms with van der Waals surface area (Å²) in [4.78, 5) is 0.265. The molecule has 2 unspecified atom stereocenters. The van der Waals surface area contributed by atoms with Crippen molar-refractivity contribution >= 4 is 26.0 Å². The van der Waals surface area contributed by atoms with Gasteiger partial charge in [0.1, 0.15) is 0 Å². The highest BCUT2D eigenvalue weighted by molar-refractivity contribution is 9.10. The van der Waals surface area contributed by atoms with Crippen LogP contribution in [0, 0.1) is 0 Å². The highest BCUT2D eigenvalue weighted by Gasteiger charge is 2.26. The lowest BCUT2D eigenvalue weighted by atomic mass is 10.1. The monoisotopic (exact) mass is 333 g/mol. The molecule has 1 heterocycles. The molecule has 0 aliphatic carbocycles. The van der Waals surface area contributed by atoms with Crippen LogP contribution in [0.3, 0.4) is 0 Å². The van der Waals surface area contributed by atoms with E-state index >= 15 is 0 Å². The first kappa shape index (κ1) is 14.0. The van der Waals surface area contributed by atoms with Gasteiger partial charge >= 0.3 is 0 Å². The quantitative estimate of drug-likeness (QED) is 0.919. The van der Waals surface area contributed by atoms with Crippen LogP contribution in [0.1, 0.15) is 19.8 Å². The average Bonchev–Trinajstić information content (AvgIpc) is 2.82. The molecule has 0 spiro atoms. The van der Waals surface area contributed by atoms with Crippen LogP contribution in [0.2, 0.25) is 0 Å². The molecule has 1 aromatic rings. The minimum atomic E-state index is -3.48. The molecule has 0 radical (unpaired) electrons. The number of benzene rings is 1. The Hall–Kier alpha value is -0.430. The standard InChI is InChI=1S/C12H16BrNO3S/c1-9(12-6-3-7-17-12)14-18(15,16)11-5-2-4-10(13)8-11/h2,4-5,8-9,12,14H,3,6-7H2,1H3. The maximum absolute atomic E-state index is 12.2. The first-order valence-electron chi connectivity index (χ1n) is 5.88. The number of rotatable bonds is 4. The van der Waals surface area contributed by atoms with Crippen molar-refractivity contribution in [3.8, 4) is 0 Å². The normalized spacial score (nSPS) is 22.0. The molecule has 0 aromatic heterocycles. The number of ether oxygens (including phenoxy) is 1. The molecule has 0 amide bonds. The van der Waals surface area contributed by atoms with E-state index in [1.807, 2.05) is 6.92 Å². The summed E-state index contributed by atoms with van der Waals surface area (Å²) in [6.07, 6.45) is 1.88. The largest absolute Gasteiger partial charge is 0.377 e. The fraction of sp³-hybridized carbons (Fsp3) is 0.500. The van der Waals surface area contributed by atoms with Gasteiger partial charge in [-0.15, -0.1) is 0 Å². The lowest BCUT2D eigenvalue weighted by Gasteiger charge is -2.20. The van der Waals surface area contributed by atoms with Crippen molar-refractivity contribution in [3.63, 3.8) is 0 Å². The highest BCUT2D eigenvalue weighted by Crippen LogP contribution is 2.19. The number of nitrogens with one attached hydrogen (secondary N) is 1. The minimum absolute atomic E-state index is 0.0214.